The molecule has 2 rings (SSSR count). The van der Waals surface area contributed by atoms with Crippen molar-refractivity contribution in [1.29, 1.82) is 5.26 Å². The molecule has 26 heavy (non-hydrogen) atoms. The minimum absolute atomic E-state index is 0.00734. The average molecular weight is 417 g/mol. The molecule has 0 heterocycles. The maximum absolute atomic E-state index is 12.9. The third-order valence-electron chi connectivity index (χ3n) is 3.53. The quantitative estimate of drug-likeness (QED) is 0.623. The summed E-state index contributed by atoms with van der Waals surface area (Å²) in [7, 11) is 1.54. The van der Waals surface area contributed by atoms with Crippen molar-refractivity contribution in [3.05, 3.63) is 47.0 Å². The first-order chi connectivity index (χ1) is 12.2. The summed E-state index contributed by atoms with van der Waals surface area (Å²) in [5.41, 5.74) is 0.101. The lowest BCUT2D eigenvalue weighted by Crippen LogP contribution is -2.38. The van der Waals surface area contributed by atoms with Gasteiger partial charge in [-0.2, -0.15) is 5.26 Å². The van der Waals surface area contributed by atoms with Crippen molar-refractivity contribution in [2.24, 2.45) is 0 Å². The Bertz CT molecular complexity index is 894. The Morgan fingerprint density at radius 1 is 1.31 bits per heavy atom. The topological polar surface area (TPSA) is 62.6 Å². The highest BCUT2D eigenvalue weighted by molar-refractivity contribution is 9.10. The summed E-state index contributed by atoms with van der Waals surface area (Å²) in [5.74, 6) is 0.507. The van der Waals surface area contributed by atoms with Crippen LogP contribution in [0.25, 0.3) is 10.8 Å². The summed E-state index contributed by atoms with van der Waals surface area (Å²) in [6.45, 7) is 9.09. The molecule has 0 atom stereocenters. The van der Waals surface area contributed by atoms with Gasteiger partial charge in [0.15, 0.2) is 0 Å². The molecule has 0 fully saturated rings. The smallest absolute Gasteiger partial charge is 0.415 e. The van der Waals surface area contributed by atoms with E-state index in [9.17, 15) is 4.79 Å². The van der Waals surface area contributed by atoms with E-state index in [1.54, 1.807) is 26.8 Å². The van der Waals surface area contributed by atoms with Gasteiger partial charge in [-0.05, 0) is 44.4 Å². The van der Waals surface area contributed by atoms with E-state index in [1.165, 1.54) is 12.0 Å². The fourth-order valence-electron chi connectivity index (χ4n) is 2.48. The molecule has 0 unspecified atom stereocenters. The van der Waals surface area contributed by atoms with Crippen LogP contribution in [-0.4, -0.2) is 25.3 Å². The van der Waals surface area contributed by atoms with E-state index in [0.717, 1.165) is 15.2 Å². The maximum Gasteiger partial charge on any atom is 0.415 e. The first-order valence-corrected chi connectivity index (χ1v) is 8.80. The Morgan fingerprint density at radius 3 is 2.54 bits per heavy atom. The van der Waals surface area contributed by atoms with Crippen molar-refractivity contribution < 1.29 is 14.3 Å². The zero-order valence-corrected chi connectivity index (χ0v) is 16.9. The standard InChI is InChI=1S/C20H21BrN2O3/c1-13(11-22)12-23(19(24)26-20(2,3)4)18-16-10-15(21)8-6-14(16)7-9-17(18)25-5/h6-10H,1,12H2,2-5H3. The van der Waals surface area contributed by atoms with Crippen LogP contribution >= 0.6 is 15.9 Å². The van der Waals surface area contributed by atoms with Gasteiger partial charge < -0.3 is 9.47 Å². The van der Waals surface area contributed by atoms with Crippen LogP contribution < -0.4 is 9.64 Å². The SMILES string of the molecule is C=C(C#N)CN(C(=O)OC(C)(C)C)c1c(OC)ccc2ccc(Br)cc12. The lowest BCUT2D eigenvalue weighted by molar-refractivity contribution is 0.0583. The summed E-state index contributed by atoms with van der Waals surface area (Å²) in [4.78, 5) is 14.3. The zero-order valence-electron chi connectivity index (χ0n) is 15.3. The van der Waals surface area contributed by atoms with Crippen LogP contribution in [0, 0.1) is 11.3 Å². The van der Waals surface area contributed by atoms with Gasteiger partial charge in [0.25, 0.3) is 0 Å². The van der Waals surface area contributed by atoms with Crippen LogP contribution in [0.1, 0.15) is 20.8 Å². The number of hydrogen-bond donors (Lipinski definition) is 0. The van der Waals surface area contributed by atoms with Gasteiger partial charge in [-0.25, -0.2) is 4.79 Å². The Labute approximate surface area is 161 Å². The second-order valence-corrected chi connectivity index (χ2v) is 7.68. The summed E-state index contributed by atoms with van der Waals surface area (Å²) >= 11 is 3.47. The third-order valence-corrected chi connectivity index (χ3v) is 4.02. The molecule has 5 nitrogen and oxygen atoms in total. The molecule has 0 spiro atoms. The molecule has 6 heteroatoms. The van der Waals surface area contributed by atoms with Crippen LogP contribution in [0.3, 0.4) is 0 Å². The summed E-state index contributed by atoms with van der Waals surface area (Å²) in [5, 5.41) is 10.9. The van der Waals surface area contributed by atoms with Crippen molar-refractivity contribution >= 4 is 38.5 Å². The predicted octanol–water partition coefficient (Wildman–Crippen LogP) is 5.43. The van der Waals surface area contributed by atoms with E-state index in [2.05, 4.69) is 22.5 Å². The van der Waals surface area contributed by atoms with Crippen molar-refractivity contribution in [1.82, 2.24) is 0 Å². The molecule has 2 aromatic carbocycles. The van der Waals surface area contributed by atoms with Gasteiger partial charge in [-0.3, -0.25) is 4.90 Å². The largest absolute Gasteiger partial charge is 0.495 e. The average Bonchev–Trinajstić information content (AvgIpc) is 2.56. The molecule has 0 aliphatic rings. The van der Waals surface area contributed by atoms with Crippen LogP contribution in [0.5, 0.6) is 5.75 Å². The molecule has 0 radical (unpaired) electrons. The minimum Gasteiger partial charge on any atom is -0.495 e. The van der Waals surface area contributed by atoms with Gasteiger partial charge in [0.05, 0.1) is 25.4 Å². The molecule has 0 bridgehead atoms. The normalized spacial score (nSPS) is 10.9. The number of halogens is 1. The monoisotopic (exact) mass is 416 g/mol. The van der Waals surface area contributed by atoms with E-state index >= 15 is 0 Å². The minimum atomic E-state index is -0.679. The van der Waals surface area contributed by atoms with Crippen LogP contribution in [0.15, 0.2) is 47.0 Å². The highest BCUT2D eigenvalue weighted by atomic mass is 79.9. The molecule has 1 amide bonds. The summed E-state index contributed by atoms with van der Waals surface area (Å²) < 4.78 is 11.9. The number of carbonyl (C=O) groups excluding carboxylic acids is 1. The number of rotatable bonds is 4. The van der Waals surface area contributed by atoms with Gasteiger partial charge in [0.2, 0.25) is 0 Å². The number of ether oxygens (including phenoxy) is 2. The number of methoxy groups -OCH3 is 1. The fraction of sp³-hybridized carbons (Fsp3) is 0.300. The Kier molecular flexibility index (Phi) is 5.94. The highest BCUT2D eigenvalue weighted by Gasteiger charge is 2.27. The molecule has 0 saturated heterocycles. The number of nitrogens with zero attached hydrogens (tertiary/aromatic N) is 2. The maximum atomic E-state index is 12.9. The van der Waals surface area contributed by atoms with E-state index in [0.29, 0.717) is 11.4 Å². The second-order valence-electron chi connectivity index (χ2n) is 6.76. The molecular weight excluding hydrogens is 396 g/mol. The number of fused-ring (bicyclic) bond motifs is 1. The van der Waals surface area contributed by atoms with Crippen LogP contribution in [-0.2, 0) is 4.74 Å². The molecule has 0 aliphatic heterocycles. The molecule has 0 aromatic heterocycles. The lowest BCUT2D eigenvalue weighted by Gasteiger charge is -2.29. The number of benzene rings is 2. The summed E-state index contributed by atoms with van der Waals surface area (Å²) in [6.07, 6.45) is -0.570. The van der Waals surface area contributed by atoms with Crippen LogP contribution in [0.2, 0.25) is 0 Å². The van der Waals surface area contributed by atoms with E-state index in [-0.39, 0.29) is 12.1 Å². The molecular formula is C20H21BrN2O3. The number of hydrogen-bond acceptors (Lipinski definition) is 4. The first-order valence-electron chi connectivity index (χ1n) is 8.01. The van der Waals surface area contributed by atoms with Gasteiger partial charge in [0.1, 0.15) is 11.4 Å². The number of amides is 1. The Morgan fingerprint density at radius 2 is 1.96 bits per heavy atom. The van der Waals surface area contributed by atoms with Crippen molar-refractivity contribution in [2.75, 3.05) is 18.6 Å². The number of anilines is 1. The van der Waals surface area contributed by atoms with Crippen LogP contribution in [0.4, 0.5) is 10.5 Å². The first kappa shape index (κ1) is 19.8. The van der Waals surface area contributed by atoms with E-state index < -0.39 is 11.7 Å². The number of carbonyl (C=O) groups is 1. The summed E-state index contributed by atoms with van der Waals surface area (Å²) in [6, 6.07) is 11.5. The van der Waals surface area contributed by atoms with Gasteiger partial charge in [-0.15, -0.1) is 0 Å². The van der Waals surface area contributed by atoms with Gasteiger partial charge in [-0.1, -0.05) is 34.6 Å². The fourth-order valence-corrected chi connectivity index (χ4v) is 2.84. The van der Waals surface area contributed by atoms with Crippen molar-refractivity contribution in [3.63, 3.8) is 0 Å². The highest BCUT2D eigenvalue weighted by Crippen LogP contribution is 2.38. The predicted molar refractivity (Wildman–Crippen MR) is 107 cm³/mol. The van der Waals surface area contributed by atoms with Crippen molar-refractivity contribution in [3.8, 4) is 11.8 Å². The molecule has 136 valence electrons. The molecule has 2 aromatic rings. The second kappa shape index (κ2) is 7.79. The van der Waals surface area contributed by atoms with Gasteiger partial charge in [0, 0.05) is 15.4 Å². The van der Waals surface area contributed by atoms with E-state index in [1.807, 2.05) is 30.3 Å². The molecule has 0 saturated carbocycles. The third kappa shape index (κ3) is 4.55. The Balaban J connectivity index is 2.70. The zero-order chi connectivity index (χ0) is 19.5. The molecule has 0 N–H and O–H groups in total. The van der Waals surface area contributed by atoms with E-state index in [4.69, 9.17) is 14.7 Å². The lowest BCUT2D eigenvalue weighted by atomic mass is 10.1. The van der Waals surface area contributed by atoms with Crippen molar-refractivity contribution in [2.45, 2.75) is 26.4 Å². The Hall–Kier alpha value is -2.52. The number of nitriles is 1. The molecule has 0 aliphatic carbocycles. The van der Waals surface area contributed by atoms with Gasteiger partial charge >= 0.3 is 6.09 Å².